The molecule has 2 amide bonds. The normalized spacial score (nSPS) is 22.3. The van der Waals surface area contributed by atoms with Crippen LogP contribution in [0.15, 0.2) is 36.7 Å². The standard InChI is InChI=1S/C23H30N4O2/c1-4-16(5-2)21-22(28)25-20(19-10-17-8-6-7-9-18(17)11-19)23(29)27(21)14-15-12-24-26(3)13-15/h6-9,12-13,16,19-21H,4-5,10-11,14H2,1-3H3,(H,25,28)/t20-,21-/m1/s1. The van der Waals surface area contributed by atoms with Gasteiger partial charge in [-0.2, -0.15) is 5.10 Å². The first kappa shape index (κ1) is 19.7. The summed E-state index contributed by atoms with van der Waals surface area (Å²) in [5, 5.41) is 7.35. The minimum Gasteiger partial charge on any atom is -0.342 e. The number of piperazine rings is 1. The van der Waals surface area contributed by atoms with Gasteiger partial charge in [0.25, 0.3) is 0 Å². The molecule has 1 saturated heterocycles. The lowest BCUT2D eigenvalue weighted by molar-refractivity contribution is -0.154. The number of nitrogens with one attached hydrogen (secondary N) is 1. The van der Waals surface area contributed by atoms with Crippen molar-refractivity contribution in [1.82, 2.24) is 20.0 Å². The highest BCUT2D eigenvalue weighted by molar-refractivity contribution is 5.97. The average Bonchev–Trinajstić information content (AvgIpc) is 3.33. The fraction of sp³-hybridized carbons (Fsp3) is 0.522. The summed E-state index contributed by atoms with van der Waals surface area (Å²) in [5.41, 5.74) is 3.54. The number of carbonyl (C=O) groups is 2. The summed E-state index contributed by atoms with van der Waals surface area (Å²) in [7, 11) is 1.87. The number of fused-ring (bicyclic) bond motifs is 1. The van der Waals surface area contributed by atoms with Crippen LogP contribution in [0.1, 0.15) is 43.4 Å². The summed E-state index contributed by atoms with van der Waals surface area (Å²) >= 11 is 0. The molecule has 2 aliphatic rings. The summed E-state index contributed by atoms with van der Waals surface area (Å²) in [6, 6.07) is 7.46. The predicted molar refractivity (Wildman–Crippen MR) is 111 cm³/mol. The lowest BCUT2D eigenvalue weighted by atomic mass is 9.86. The Morgan fingerprint density at radius 2 is 1.79 bits per heavy atom. The lowest BCUT2D eigenvalue weighted by Crippen LogP contribution is -2.66. The molecule has 2 atom stereocenters. The Bertz CT molecular complexity index is 877. The Morgan fingerprint density at radius 1 is 1.14 bits per heavy atom. The van der Waals surface area contributed by atoms with Crippen molar-refractivity contribution >= 4 is 11.8 Å². The zero-order valence-corrected chi connectivity index (χ0v) is 17.5. The number of aryl methyl sites for hydroxylation is 1. The zero-order chi connectivity index (χ0) is 20.5. The topological polar surface area (TPSA) is 67.2 Å². The summed E-state index contributed by atoms with van der Waals surface area (Å²) in [4.78, 5) is 28.7. The maximum absolute atomic E-state index is 13.7. The van der Waals surface area contributed by atoms with Gasteiger partial charge < -0.3 is 10.2 Å². The molecule has 0 radical (unpaired) electrons. The van der Waals surface area contributed by atoms with Crippen LogP contribution in [0.25, 0.3) is 0 Å². The van der Waals surface area contributed by atoms with Gasteiger partial charge in [0.15, 0.2) is 0 Å². The molecule has 1 N–H and O–H groups in total. The van der Waals surface area contributed by atoms with Gasteiger partial charge in [0.05, 0.1) is 6.20 Å². The quantitative estimate of drug-likeness (QED) is 0.818. The van der Waals surface area contributed by atoms with Gasteiger partial charge in [0.2, 0.25) is 11.8 Å². The van der Waals surface area contributed by atoms with Crippen molar-refractivity contribution < 1.29 is 9.59 Å². The second-order valence-corrected chi connectivity index (χ2v) is 8.43. The van der Waals surface area contributed by atoms with Crippen molar-refractivity contribution in [2.75, 3.05) is 0 Å². The maximum atomic E-state index is 13.7. The molecule has 2 aromatic rings. The van der Waals surface area contributed by atoms with E-state index in [-0.39, 0.29) is 23.7 Å². The second kappa shape index (κ2) is 8.01. The van der Waals surface area contributed by atoms with Crippen molar-refractivity contribution in [1.29, 1.82) is 0 Å². The van der Waals surface area contributed by atoms with E-state index in [0.29, 0.717) is 6.54 Å². The molecule has 4 rings (SSSR count). The van der Waals surface area contributed by atoms with E-state index in [0.717, 1.165) is 31.2 Å². The number of amides is 2. The van der Waals surface area contributed by atoms with Gasteiger partial charge in [0, 0.05) is 25.4 Å². The van der Waals surface area contributed by atoms with Gasteiger partial charge >= 0.3 is 0 Å². The summed E-state index contributed by atoms with van der Waals surface area (Å²) < 4.78 is 1.74. The Morgan fingerprint density at radius 3 is 2.34 bits per heavy atom. The molecule has 154 valence electrons. The van der Waals surface area contributed by atoms with E-state index < -0.39 is 12.1 Å². The van der Waals surface area contributed by atoms with E-state index in [1.165, 1.54) is 11.1 Å². The third kappa shape index (κ3) is 3.68. The van der Waals surface area contributed by atoms with Gasteiger partial charge in [-0.05, 0) is 35.8 Å². The summed E-state index contributed by atoms with van der Waals surface area (Å²) in [6.07, 6.45) is 7.11. The zero-order valence-electron chi connectivity index (χ0n) is 17.5. The van der Waals surface area contributed by atoms with E-state index in [4.69, 9.17) is 0 Å². The van der Waals surface area contributed by atoms with E-state index in [1.807, 2.05) is 30.3 Å². The molecule has 1 aromatic carbocycles. The monoisotopic (exact) mass is 394 g/mol. The fourth-order valence-electron chi connectivity index (χ4n) is 5.04. The molecule has 0 unspecified atom stereocenters. The van der Waals surface area contributed by atoms with E-state index in [1.54, 1.807) is 10.9 Å². The maximum Gasteiger partial charge on any atom is 0.246 e. The largest absolute Gasteiger partial charge is 0.342 e. The van der Waals surface area contributed by atoms with Crippen molar-refractivity contribution in [3.63, 3.8) is 0 Å². The Kier molecular flexibility index (Phi) is 5.43. The van der Waals surface area contributed by atoms with Gasteiger partial charge in [-0.3, -0.25) is 14.3 Å². The summed E-state index contributed by atoms with van der Waals surface area (Å²) in [6.45, 7) is 4.61. The average molecular weight is 395 g/mol. The van der Waals surface area contributed by atoms with Crippen LogP contribution in [-0.2, 0) is 36.0 Å². The van der Waals surface area contributed by atoms with Crippen LogP contribution in [0, 0.1) is 11.8 Å². The number of hydrogen-bond acceptors (Lipinski definition) is 3. The molecule has 6 nitrogen and oxygen atoms in total. The van der Waals surface area contributed by atoms with Gasteiger partial charge in [0.1, 0.15) is 12.1 Å². The van der Waals surface area contributed by atoms with Crippen LogP contribution in [0.5, 0.6) is 0 Å². The van der Waals surface area contributed by atoms with E-state index in [2.05, 4.69) is 36.4 Å². The molecule has 6 heteroatoms. The van der Waals surface area contributed by atoms with Gasteiger partial charge in [-0.1, -0.05) is 51.0 Å². The SMILES string of the molecule is CCC(CC)[C@@H]1C(=O)N[C@H](C2Cc3ccccc3C2)C(=O)N1Cc1cnn(C)c1. The molecule has 1 aliphatic heterocycles. The number of benzene rings is 1. The minimum absolute atomic E-state index is 0.0110. The first-order chi connectivity index (χ1) is 14.0. The smallest absolute Gasteiger partial charge is 0.246 e. The highest BCUT2D eigenvalue weighted by Gasteiger charge is 2.46. The molecule has 0 saturated carbocycles. The molecule has 1 aliphatic carbocycles. The molecule has 0 bridgehead atoms. The number of nitrogens with zero attached hydrogens (tertiary/aromatic N) is 3. The highest BCUT2D eigenvalue weighted by atomic mass is 16.2. The number of rotatable bonds is 6. The fourth-order valence-corrected chi connectivity index (χ4v) is 5.04. The third-order valence-electron chi connectivity index (χ3n) is 6.61. The molecule has 1 fully saturated rings. The van der Waals surface area contributed by atoms with Crippen molar-refractivity contribution in [2.24, 2.45) is 18.9 Å². The second-order valence-electron chi connectivity index (χ2n) is 8.43. The van der Waals surface area contributed by atoms with Crippen LogP contribution < -0.4 is 5.32 Å². The van der Waals surface area contributed by atoms with Gasteiger partial charge in [-0.15, -0.1) is 0 Å². The molecule has 1 aromatic heterocycles. The minimum atomic E-state index is -0.461. The Balaban J connectivity index is 1.62. The molecule has 29 heavy (non-hydrogen) atoms. The molecule has 0 spiro atoms. The molecular weight excluding hydrogens is 364 g/mol. The van der Waals surface area contributed by atoms with Crippen LogP contribution >= 0.6 is 0 Å². The van der Waals surface area contributed by atoms with Crippen molar-refractivity contribution in [2.45, 2.75) is 58.2 Å². The highest BCUT2D eigenvalue weighted by Crippen LogP contribution is 2.33. The Labute approximate surface area is 172 Å². The van der Waals surface area contributed by atoms with Crippen LogP contribution in [0.4, 0.5) is 0 Å². The number of hydrogen-bond donors (Lipinski definition) is 1. The molecule has 2 heterocycles. The first-order valence-electron chi connectivity index (χ1n) is 10.7. The summed E-state index contributed by atoms with van der Waals surface area (Å²) in [5.74, 6) is 0.298. The van der Waals surface area contributed by atoms with Crippen molar-refractivity contribution in [3.05, 3.63) is 53.3 Å². The molecular formula is C23H30N4O2. The van der Waals surface area contributed by atoms with E-state index in [9.17, 15) is 9.59 Å². The van der Waals surface area contributed by atoms with E-state index >= 15 is 0 Å². The number of aromatic nitrogens is 2. The van der Waals surface area contributed by atoms with Crippen LogP contribution in [0.3, 0.4) is 0 Å². The number of carbonyl (C=O) groups excluding carboxylic acids is 2. The predicted octanol–water partition coefficient (Wildman–Crippen LogP) is 2.47. The van der Waals surface area contributed by atoms with Gasteiger partial charge in [-0.25, -0.2) is 0 Å². The third-order valence-corrected chi connectivity index (χ3v) is 6.61. The van der Waals surface area contributed by atoms with Crippen LogP contribution in [-0.4, -0.2) is 38.6 Å². The van der Waals surface area contributed by atoms with Crippen LogP contribution in [0.2, 0.25) is 0 Å². The Hall–Kier alpha value is -2.63. The lowest BCUT2D eigenvalue weighted by Gasteiger charge is -2.43. The van der Waals surface area contributed by atoms with Crippen molar-refractivity contribution in [3.8, 4) is 0 Å². The first-order valence-corrected chi connectivity index (χ1v) is 10.7.